The Morgan fingerprint density at radius 1 is 1.32 bits per heavy atom. The van der Waals surface area contributed by atoms with Gasteiger partial charge in [-0.3, -0.25) is 14.6 Å². The van der Waals surface area contributed by atoms with Crippen LogP contribution < -0.4 is 5.32 Å². The monoisotopic (exact) mass is 348 g/mol. The SMILES string of the molecule is O=C(O)N[C@H]1CCN(C(C(=O)N2CCOCC2)c2cccnc2)C1=O. The predicted octanol–water partition coefficient (Wildman–Crippen LogP) is -0.150. The summed E-state index contributed by atoms with van der Waals surface area (Å²) in [5.41, 5.74) is 0.614. The third kappa shape index (κ3) is 3.71. The summed E-state index contributed by atoms with van der Waals surface area (Å²) < 4.78 is 5.28. The fraction of sp³-hybridized carbons (Fsp3) is 0.500. The molecule has 0 aliphatic carbocycles. The zero-order valence-electron chi connectivity index (χ0n) is 13.6. The van der Waals surface area contributed by atoms with E-state index in [0.29, 0.717) is 44.8 Å². The number of morpholine rings is 1. The van der Waals surface area contributed by atoms with Crippen LogP contribution >= 0.6 is 0 Å². The second-order valence-corrected chi connectivity index (χ2v) is 5.95. The molecule has 9 heteroatoms. The molecular weight excluding hydrogens is 328 g/mol. The largest absolute Gasteiger partial charge is 0.465 e. The van der Waals surface area contributed by atoms with Gasteiger partial charge in [0.05, 0.1) is 13.2 Å². The number of carbonyl (C=O) groups is 3. The predicted molar refractivity (Wildman–Crippen MR) is 85.7 cm³/mol. The van der Waals surface area contributed by atoms with Gasteiger partial charge in [-0.2, -0.15) is 0 Å². The summed E-state index contributed by atoms with van der Waals surface area (Å²) in [5.74, 6) is -0.585. The van der Waals surface area contributed by atoms with E-state index in [1.165, 1.54) is 4.90 Å². The van der Waals surface area contributed by atoms with Crippen LogP contribution in [0.2, 0.25) is 0 Å². The van der Waals surface area contributed by atoms with Crippen LogP contribution in [0.1, 0.15) is 18.0 Å². The molecular formula is C16H20N4O5. The minimum Gasteiger partial charge on any atom is -0.465 e. The van der Waals surface area contributed by atoms with Crippen molar-refractivity contribution >= 4 is 17.9 Å². The highest BCUT2D eigenvalue weighted by atomic mass is 16.5. The molecule has 1 unspecified atom stereocenters. The van der Waals surface area contributed by atoms with Crippen molar-refractivity contribution in [2.75, 3.05) is 32.8 Å². The maximum absolute atomic E-state index is 13.1. The molecule has 1 aromatic heterocycles. The van der Waals surface area contributed by atoms with E-state index in [2.05, 4.69) is 10.3 Å². The average Bonchev–Trinajstić information content (AvgIpc) is 2.97. The van der Waals surface area contributed by atoms with Crippen molar-refractivity contribution in [2.45, 2.75) is 18.5 Å². The van der Waals surface area contributed by atoms with E-state index in [1.807, 2.05) is 0 Å². The minimum absolute atomic E-state index is 0.194. The van der Waals surface area contributed by atoms with Crippen LogP contribution in [0.3, 0.4) is 0 Å². The topological polar surface area (TPSA) is 112 Å². The van der Waals surface area contributed by atoms with Gasteiger partial charge in [0.2, 0.25) is 11.8 Å². The van der Waals surface area contributed by atoms with Gasteiger partial charge in [-0.05, 0) is 12.5 Å². The first-order valence-corrected chi connectivity index (χ1v) is 8.14. The Labute approximate surface area is 144 Å². The number of carbonyl (C=O) groups excluding carboxylic acids is 2. The van der Waals surface area contributed by atoms with E-state index in [4.69, 9.17) is 9.84 Å². The van der Waals surface area contributed by atoms with Gasteiger partial charge in [-0.25, -0.2) is 4.79 Å². The Hall–Kier alpha value is -2.68. The maximum atomic E-state index is 13.1. The van der Waals surface area contributed by atoms with Gasteiger partial charge in [0.25, 0.3) is 0 Å². The van der Waals surface area contributed by atoms with E-state index >= 15 is 0 Å². The highest BCUT2D eigenvalue weighted by molar-refractivity contribution is 5.93. The maximum Gasteiger partial charge on any atom is 0.405 e. The van der Waals surface area contributed by atoms with Crippen LogP contribution in [-0.4, -0.2) is 76.7 Å². The lowest BCUT2D eigenvalue weighted by Crippen LogP contribution is -2.49. The number of rotatable bonds is 4. The summed E-state index contributed by atoms with van der Waals surface area (Å²) in [6.45, 7) is 2.16. The Bertz CT molecular complexity index is 647. The van der Waals surface area contributed by atoms with Gasteiger partial charge in [0, 0.05) is 37.6 Å². The molecule has 0 radical (unpaired) electrons. The highest BCUT2D eigenvalue weighted by Gasteiger charge is 2.42. The Morgan fingerprint density at radius 3 is 2.72 bits per heavy atom. The molecule has 134 valence electrons. The lowest BCUT2D eigenvalue weighted by molar-refractivity contribution is -0.147. The summed E-state index contributed by atoms with van der Waals surface area (Å²) in [5, 5.41) is 11.1. The number of ether oxygens (including phenoxy) is 1. The number of hydrogen-bond donors (Lipinski definition) is 2. The summed E-state index contributed by atoms with van der Waals surface area (Å²) in [6, 6.07) is 1.83. The zero-order chi connectivity index (χ0) is 17.8. The molecule has 3 heterocycles. The summed E-state index contributed by atoms with van der Waals surface area (Å²) in [6.07, 6.45) is 2.24. The summed E-state index contributed by atoms with van der Waals surface area (Å²) in [7, 11) is 0. The van der Waals surface area contributed by atoms with Crippen molar-refractivity contribution in [3.8, 4) is 0 Å². The van der Waals surface area contributed by atoms with E-state index in [1.54, 1.807) is 29.4 Å². The number of aromatic nitrogens is 1. The van der Waals surface area contributed by atoms with Gasteiger partial charge in [-0.15, -0.1) is 0 Å². The van der Waals surface area contributed by atoms with E-state index in [-0.39, 0.29) is 5.91 Å². The number of pyridine rings is 1. The molecule has 2 fully saturated rings. The first kappa shape index (κ1) is 17.2. The number of amides is 3. The lowest BCUT2D eigenvalue weighted by Gasteiger charge is -2.34. The van der Waals surface area contributed by atoms with Crippen LogP contribution in [0.15, 0.2) is 24.5 Å². The number of hydrogen-bond acceptors (Lipinski definition) is 5. The van der Waals surface area contributed by atoms with Gasteiger partial charge in [0.15, 0.2) is 0 Å². The van der Waals surface area contributed by atoms with Crippen molar-refractivity contribution in [2.24, 2.45) is 0 Å². The summed E-state index contributed by atoms with van der Waals surface area (Å²) >= 11 is 0. The van der Waals surface area contributed by atoms with E-state index in [9.17, 15) is 14.4 Å². The normalized spacial score (nSPS) is 21.9. The molecule has 25 heavy (non-hydrogen) atoms. The first-order valence-electron chi connectivity index (χ1n) is 8.14. The van der Waals surface area contributed by atoms with Crippen LogP contribution in [0.25, 0.3) is 0 Å². The molecule has 2 N–H and O–H groups in total. The fourth-order valence-corrected chi connectivity index (χ4v) is 3.19. The van der Waals surface area contributed by atoms with Crippen LogP contribution in [0, 0.1) is 0 Å². The molecule has 3 rings (SSSR count). The van der Waals surface area contributed by atoms with Crippen molar-refractivity contribution in [3.63, 3.8) is 0 Å². The number of likely N-dealkylation sites (tertiary alicyclic amines) is 1. The van der Waals surface area contributed by atoms with E-state index < -0.39 is 24.1 Å². The van der Waals surface area contributed by atoms with E-state index in [0.717, 1.165) is 0 Å². The molecule has 0 aromatic carbocycles. The number of carboxylic acid groups (broad SMARTS) is 1. The first-order chi connectivity index (χ1) is 12.1. The third-order valence-electron chi connectivity index (χ3n) is 4.41. The molecule has 2 saturated heterocycles. The van der Waals surface area contributed by atoms with Crippen LogP contribution in [0.5, 0.6) is 0 Å². The van der Waals surface area contributed by atoms with Gasteiger partial charge >= 0.3 is 6.09 Å². The Morgan fingerprint density at radius 2 is 2.08 bits per heavy atom. The van der Waals surface area contributed by atoms with Crippen molar-refractivity contribution in [1.82, 2.24) is 20.1 Å². The molecule has 9 nitrogen and oxygen atoms in total. The molecule has 2 aliphatic rings. The quantitative estimate of drug-likeness (QED) is 0.783. The standard InChI is InChI=1S/C16H20N4O5/c21-14-12(18-16(23)24)3-5-20(14)13(11-2-1-4-17-10-11)15(22)19-6-8-25-9-7-19/h1-2,4,10,12-13,18H,3,5-9H2,(H,23,24)/t12-,13?/m0/s1. The van der Waals surface area contributed by atoms with Gasteiger partial charge in [0.1, 0.15) is 12.1 Å². The number of nitrogens with zero attached hydrogens (tertiary/aromatic N) is 3. The zero-order valence-corrected chi connectivity index (χ0v) is 13.6. The molecule has 3 amide bonds. The molecule has 0 spiro atoms. The second kappa shape index (κ2) is 7.47. The highest BCUT2D eigenvalue weighted by Crippen LogP contribution is 2.28. The van der Waals surface area contributed by atoms with Crippen LogP contribution in [0.4, 0.5) is 4.79 Å². The van der Waals surface area contributed by atoms with Crippen molar-refractivity contribution in [3.05, 3.63) is 30.1 Å². The molecule has 2 aliphatic heterocycles. The minimum atomic E-state index is -1.25. The molecule has 0 bridgehead atoms. The second-order valence-electron chi connectivity index (χ2n) is 5.95. The van der Waals surface area contributed by atoms with Crippen LogP contribution in [-0.2, 0) is 14.3 Å². The van der Waals surface area contributed by atoms with Crippen molar-refractivity contribution < 1.29 is 24.2 Å². The smallest absolute Gasteiger partial charge is 0.405 e. The molecule has 2 atom stereocenters. The lowest BCUT2D eigenvalue weighted by atomic mass is 10.1. The van der Waals surface area contributed by atoms with Gasteiger partial charge in [-0.1, -0.05) is 6.07 Å². The Kier molecular flexibility index (Phi) is 5.13. The molecule has 0 saturated carbocycles. The fourth-order valence-electron chi connectivity index (χ4n) is 3.19. The third-order valence-corrected chi connectivity index (χ3v) is 4.41. The average molecular weight is 348 g/mol. The summed E-state index contributed by atoms with van der Waals surface area (Å²) in [4.78, 5) is 43.7. The Balaban J connectivity index is 1.85. The van der Waals surface area contributed by atoms with Crippen molar-refractivity contribution in [1.29, 1.82) is 0 Å². The molecule has 1 aromatic rings. The van der Waals surface area contributed by atoms with Gasteiger partial charge < -0.3 is 25.0 Å². The number of nitrogens with one attached hydrogen (secondary N) is 1.